The fraction of sp³-hybridized carbons (Fsp3) is 0.0588. The van der Waals surface area contributed by atoms with Gasteiger partial charge in [0.25, 0.3) is 0 Å². The molecule has 1 N–H and O–H groups in total. The Kier molecular flexibility index (Phi) is 3.88. The Bertz CT molecular complexity index is 784. The van der Waals surface area contributed by atoms with Crippen molar-refractivity contribution in [1.29, 1.82) is 0 Å². The van der Waals surface area contributed by atoms with Crippen molar-refractivity contribution in [1.82, 2.24) is 4.98 Å². The fourth-order valence-electron chi connectivity index (χ4n) is 2.03. The molecule has 0 bridgehead atoms. The zero-order chi connectivity index (χ0) is 14.7. The van der Waals surface area contributed by atoms with Crippen molar-refractivity contribution in [3.63, 3.8) is 0 Å². The molecule has 0 spiro atoms. The molecule has 3 nitrogen and oxygen atoms in total. The largest absolute Gasteiger partial charge is 0.326 e. The first kappa shape index (κ1) is 13.6. The topological polar surface area (TPSA) is 42.0 Å². The molecule has 0 radical (unpaired) electrons. The maximum absolute atomic E-state index is 11.0. The molecular formula is C17H14N2OS. The van der Waals surface area contributed by atoms with E-state index in [2.05, 4.69) is 22.4 Å². The summed E-state index contributed by atoms with van der Waals surface area (Å²) in [6, 6.07) is 19.9. The lowest BCUT2D eigenvalue weighted by Gasteiger charge is -2.05. The molecule has 3 aromatic rings. The summed E-state index contributed by atoms with van der Waals surface area (Å²) >= 11 is 1.61. The summed E-state index contributed by atoms with van der Waals surface area (Å²) in [5.74, 6) is -0.0633. The standard InChI is InChI=1S/C17H14N2OS/c1-12(20)18-14-7-9-15(10-8-14)21-17-11-6-13-4-2-3-5-16(13)19-17/h2-11H,1H3,(H,18,20). The molecule has 4 heteroatoms. The third-order valence-corrected chi connectivity index (χ3v) is 3.91. The van der Waals surface area contributed by atoms with Crippen LogP contribution < -0.4 is 5.32 Å². The minimum atomic E-state index is -0.0633. The van der Waals surface area contributed by atoms with Crippen LogP contribution >= 0.6 is 11.8 Å². The Morgan fingerprint density at radius 3 is 2.52 bits per heavy atom. The second kappa shape index (κ2) is 5.97. The predicted molar refractivity (Wildman–Crippen MR) is 86.6 cm³/mol. The third-order valence-electron chi connectivity index (χ3n) is 2.97. The lowest BCUT2D eigenvalue weighted by molar-refractivity contribution is -0.114. The van der Waals surface area contributed by atoms with Crippen LogP contribution in [0.2, 0.25) is 0 Å². The van der Waals surface area contributed by atoms with Crippen LogP contribution in [0.15, 0.2) is 70.6 Å². The highest BCUT2D eigenvalue weighted by Gasteiger charge is 2.02. The van der Waals surface area contributed by atoms with E-state index in [4.69, 9.17) is 0 Å². The van der Waals surface area contributed by atoms with E-state index in [1.165, 1.54) is 6.92 Å². The van der Waals surface area contributed by atoms with E-state index in [0.29, 0.717) is 0 Å². The summed E-state index contributed by atoms with van der Waals surface area (Å²) in [4.78, 5) is 16.7. The molecular weight excluding hydrogens is 280 g/mol. The van der Waals surface area contributed by atoms with Gasteiger partial charge in [0.15, 0.2) is 0 Å². The molecule has 0 atom stereocenters. The van der Waals surface area contributed by atoms with Gasteiger partial charge < -0.3 is 5.32 Å². The Morgan fingerprint density at radius 2 is 1.76 bits per heavy atom. The number of benzene rings is 2. The normalized spacial score (nSPS) is 10.5. The van der Waals surface area contributed by atoms with Gasteiger partial charge in [-0.2, -0.15) is 0 Å². The minimum absolute atomic E-state index is 0.0633. The molecule has 0 aliphatic heterocycles. The van der Waals surface area contributed by atoms with Gasteiger partial charge >= 0.3 is 0 Å². The van der Waals surface area contributed by atoms with E-state index in [9.17, 15) is 4.79 Å². The summed E-state index contributed by atoms with van der Waals surface area (Å²) in [7, 11) is 0. The number of fused-ring (bicyclic) bond motifs is 1. The van der Waals surface area contributed by atoms with Gasteiger partial charge in [-0.1, -0.05) is 36.0 Å². The first-order valence-electron chi connectivity index (χ1n) is 6.62. The van der Waals surface area contributed by atoms with E-state index in [-0.39, 0.29) is 5.91 Å². The Hall–Kier alpha value is -2.33. The molecule has 1 amide bonds. The van der Waals surface area contributed by atoms with Crippen molar-refractivity contribution < 1.29 is 4.79 Å². The lowest BCUT2D eigenvalue weighted by Crippen LogP contribution is -2.05. The fourth-order valence-corrected chi connectivity index (χ4v) is 2.83. The molecule has 1 heterocycles. The van der Waals surface area contributed by atoms with Crippen molar-refractivity contribution in [2.75, 3.05) is 5.32 Å². The van der Waals surface area contributed by atoms with E-state index in [1.54, 1.807) is 11.8 Å². The maximum Gasteiger partial charge on any atom is 0.221 e. The molecule has 1 aromatic heterocycles. The number of pyridine rings is 1. The number of nitrogens with zero attached hydrogens (tertiary/aromatic N) is 1. The summed E-state index contributed by atoms with van der Waals surface area (Å²) in [6.07, 6.45) is 0. The summed E-state index contributed by atoms with van der Waals surface area (Å²) in [5, 5.41) is 4.86. The van der Waals surface area contributed by atoms with Gasteiger partial charge in [0.1, 0.15) is 5.03 Å². The molecule has 2 aromatic carbocycles. The SMILES string of the molecule is CC(=O)Nc1ccc(Sc2ccc3ccccc3n2)cc1. The average molecular weight is 294 g/mol. The number of carbonyl (C=O) groups excluding carboxylic acids is 1. The molecule has 104 valence electrons. The zero-order valence-electron chi connectivity index (χ0n) is 11.5. The van der Waals surface area contributed by atoms with Crippen molar-refractivity contribution >= 4 is 34.3 Å². The predicted octanol–water partition coefficient (Wildman–Crippen LogP) is 4.34. The van der Waals surface area contributed by atoms with Gasteiger partial charge in [0.2, 0.25) is 5.91 Å². The molecule has 0 aliphatic carbocycles. The Balaban J connectivity index is 1.79. The number of aromatic nitrogens is 1. The van der Waals surface area contributed by atoms with Gasteiger partial charge in [-0.3, -0.25) is 4.79 Å². The van der Waals surface area contributed by atoms with E-state index < -0.39 is 0 Å². The molecule has 3 rings (SSSR count). The van der Waals surface area contributed by atoms with Crippen molar-refractivity contribution in [2.45, 2.75) is 16.8 Å². The average Bonchev–Trinajstić information content (AvgIpc) is 2.49. The van der Waals surface area contributed by atoms with Crippen LogP contribution in [-0.4, -0.2) is 10.9 Å². The monoisotopic (exact) mass is 294 g/mol. The van der Waals surface area contributed by atoms with Gasteiger partial charge in [-0.25, -0.2) is 4.98 Å². The summed E-state index contributed by atoms with van der Waals surface area (Å²) < 4.78 is 0. The molecule has 0 aliphatic rings. The van der Waals surface area contributed by atoms with Crippen molar-refractivity contribution in [3.8, 4) is 0 Å². The van der Waals surface area contributed by atoms with Crippen LogP contribution in [0.5, 0.6) is 0 Å². The van der Waals surface area contributed by atoms with Crippen molar-refractivity contribution in [3.05, 3.63) is 60.7 Å². The number of hydrogen-bond donors (Lipinski definition) is 1. The number of amides is 1. The molecule has 21 heavy (non-hydrogen) atoms. The van der Waals surface area contributed by atoms with Crippen LogP contribution in [0, 0.1) is 0 Å². The van der Waals surface area contributed by atoms with E-state index >= 15 is 0 Å². The van der Waals surface area contributed by atoms with Gasteiger partial charge in [0.05, 0.1) is 5.52 Å². The van der Waals surface area contributed by atoms with Crippen LogP contribution in [0.3, 0.4) is 0 Å². The molecule has 0 unspecified atom stereocenters. The third kappa shape index (κ3) is 3.41. The van der Waals surface area contributed by atoms with Crippen LogP contribution in [0.4, 0.5) is 5.69 Å². The Labute approximate surface area is 127 Å². The van der Waals surface area contributed by atoms with E-state index in [1.807, 2.05) is 48.5 Å². The smallest absolute Gasteiger partial charge is 0.221 e. The molecule has 0 saturated carbocycles. The summed E-state index contributed by atoms with van der Waals surface area (Å²) in [5.41, 5.74) is 1.80. The first-order chi connectivity index (χ1) is 10.2. The Morgan fingerprint density at radius 1 is 1.00 bits per heavy atom. The quantitative estimate of drug-likeness (QED) is 0.781. The first-order valence-corrected chi connectivity index (χ1v) is 7.44. The number of carbonyl (C=O) groups is 1. The van der Waals surface area contributed by atoms with E-state index in [0.717, 1.165) is 26.5 Å². The number of para-hydroxylation sites is 1. The van der Waals surface area contributed by atoms with Crippen LogP contribution in [0.1, 0.15) is 6.92 Å². The second-order valence-corrected chi connectivity index (χ2v) is 5.74. The van der Waals surface area contributed by atoms with Crippen LogP contribution in [-0.2, 0) is 4.79 Å². The number of hydrogen-bond acceptors (Lipinski definition) is 3. The van der Waals surface area contributed by atoms with Crippen molar-refractivity contribution in [2.24, 2.45) is 0 Å². The minimum Gasteiger partial charge on any atom is -0.326 e. The molecule has 0 saturated heterocycles. The highest BCUT2D eigenvalue weighted by molar-refractivity contribution is 7.99. The van der Waals surface area contributed by atoms with Gasteiger partial charge in [0, 0.05) is 22.9 Å². The lowest BCUT2D eigenvalue weighted by atomic mass is 10.2. The molecule has 0 fully saturated rings. The van der Waals surface area contributed by atoms with Gasteiger partial charge in [-0.05, 0) is 36.4 Å². The van der Waals surface area contributed by atoms with Crippen LogP contribution in [0.25, 0.3) is 10.9 Å². The van der Waals surface area contributed by atoms with Gasteiger partial charge in [-0.15, -0.1) is 0 Å². The number of nitrogens with one attached hydrogen (secondary N) is 1. The zero-order valence-corrected chi connectivity index (χ0v) is 12.4. The second-order valence-electron chi connectivity index (χ2n) is 4.65. The number of rotatable bonds is 3. The maximum atomic E-state index is 11.0. The number of anilines is 1. The summed E-state index contributed by atoms with van der Waals surface area (Å²) in [6.45, 7) is 1.50. The highest BCUT2D eigenvalue weighted by atomic mass is 32.2. The highest BCUT2D eigenvalue weighted by Crippen LogP contribution is 2.28.